The maximum atomic E-state index is 12.9. The third-order valence-electron chi connectivity index (χ3n) is 4.74. The van der Waals surface area contributed by atoms with Crippen LogP contribution in [0.2, 0.25) is 0 Å². The fourth-order valence-corrected chi connectivity index (χ4v) is 3.62. The minimum absolute atomic E-state index is 0.0402. The summed E-state index contributed by atoms with van der Waals surface area (Å²) >= 11 is 0. The predicted molar refractivity (Wildman–Crippen MR) is 90.1 cm³/mol. The van der Waals surface area contributed by atoms with Gasteiger partial charge in [-0.3, -0.25) is 14.6 Å². The summed E-state index contributed by atoms with van der Waals surface area (Å²) in [5.41, 5.74) is 0.996. The molecule has 3 atom stereocenters. The van der Waals surface area contributed by atoms with E-state index in [0.717, 1.165) is 31.7 Å². The average molecular weight is 335 g/mol. The van der Waals surface area contributed by atoms with Gasteiger partial charge in [-0.1, -0.05) is 12.1 Å². The van der Waals surface area contributed by atoms with Gasteiger partial charge in [0.1, 0.15) is 5.82 Å². The van der Waals surface area contributed by atoms with Crippen molar-refractivity contribution >= 4 is 5.91 Å². The molecule has 0 aliphatic carbocycles. The van der Waals surface area contributed by atoms with Crippen LogP contribution in [0.25, 0.3) is 0 Å². The number of hydrogen-bond donors (Lipinski definition) is 1. The van der Waals surface area contributed by atoms with Crippen molar-refractivity contribution in [1.29, 1.82) is 0 Å². The molecule has 2 aliphatic heterocycles. The lowest BCUT2D eigenvalue weighted by Gasteiger charge is -2.33. The molecule has 1 aromatic carbocycles. The predicted octanol–water partition coefficient (Wildman–Crippen LogP) is 1.24. The minimum Gasteiger partial charge on any atom is -0.376 e. The highest BCUT2D eigenvalue weighted by atomic mass is 19.1. The first-order chi connectivity index (χ1) is 11.5. The van der Waals surface area contributed by atoms with Gasteiger partial charge in [0.05, 0.1) is 19.3 Å². The Morgan fingerprint density at radius 1 is 1.38 bits per heavy atom. The number of carbonyl (C=O) groups is 1. The average Bonchev–Trinajstić information content (AvgIpc) is 2.90. The van der Waals surface area contributed by atoms with Crippen molar-refractivity contribution in [1.82, 2.24) is 15.1 Å². The summed E-state index contributed by atoms with van der Waals surface area (Å²) in [6.45, 7) is 5.67. The number of nitrogens with one attached hydrogen (secondary N) is 1. The summed E-state index contributed by atoms with van der Waals surface area (Å²) in [6, 6.07) is 7.03. The van der Waals surface area contributed by atoms with Crippen molar-refractivity contribution < 1.29 is 13.9 Å². The number of hydrogen-bond acceptors (Lipinski definition) is 4. The molecule has 3 rings (SSSR count). The second kappa shape index (κ2) is 7.59. The number of fused-ring (bicyclic) bond motifs is 1. The molecule has 2 fully saturated rings. The molecule has 0 radical (unpaired) electrons. The minimum atomic E-state index is -0.241. The Bertz CT molecular complexity index is 566. The zero-order valence-electron chi connectivity index (χ0n) is 14.4. The highest BCUT2D eigenvalue weighted by Crippen LogP contribution is 2.23. The maximum Gasteiger partial charge on any atom is 0.234 e. The van der Waals surface area contributed by atoms with E-state index in [9.17, 15) is 9.18 Å². The standard InChI is InChI=1S/C18H26FN3O2/c1-13-8-22-10-16(7-17(22)12-24-13)20-18(23)11-21(2)9-14-3-5-15(19)6-4-14/h3-6,13,16-17H,7-12H2,1-2H3,(H,20,23)/t13-,16+,17+/m1/s1. The lowest BCUT2D eigenvalue weighted by Crippen LogP contribution is -2.45. The van der Waals surface area contributed by atoms with Crippen LogP contribution in [0.3, 0.4) is 0 Å². The molecule has 0 spiro atoms. The van der Waals surface area contributed by atoms with E-state index in [-0.39, 0.29) is 23.9 Å². The lowest BCUT2D eigenvalue weighted by atomic mass is 10.1. The van der Waals surface area contributed by atoms with Crippen LogP contribution in [0.15, 0.2) is 24.3 Å². The molecule has 132 valence electrons. The van der Waals surface area contributed by atoms with Crippen LogP contribution in [-0.2, 0) is 16.1 Å². The van der Waals surface area contributed by atoms with Gasteiger partial charge in [-0.2, -0.15) is 0 Å². The van der Waals surface area contributed by atoms with E-state index in [0.29, 0.717) is 19.1 Å². The summed E-state index contributed by atoms with van der Waals surface area (Å²) in [5, 5.41) is 3.14. The van der Waals surface area contributed by atoms with Crippen LogP contribution >= 0.6 is 0 Å². The van der Waals surface area contributed by atoms with Gasteiger partial charge in [0.2, 0.25) is 5.91 Å². The molecule has 2 aliphatic rings. The van der Waals surface area contributed by atoms with Crippen LogP contribution in [0.5, 0.6) is 0 Å². The molecule has 1 amide bonds. The first-order valence-corrected chi connectivity index (χ1v) is 8.57. The van der Waals surface area contributed by atoms with Gasteiger partial charge in [-0.15, -0.1) is 0 Å². The maximum absolute atomic E-state index is 12.9. The fourth-order valence-electron chi connectivity index (χ4n) is 3.62. The van der Waals surface area contributed by atoms with Crippen molar-refractivity contribution in [3.05, 3.63) is 35.6 Å². The molecule has 1 N–H and O–H groups in total. The third-order valence-corrected chi connectivity index (χ3v) is 4.74. The van der Waals surface area contributed by atoms with Crippen LogP contribution < -0.4 is 5.32 Å². The normalized spacial score (nSPS) is 27.2. The quantitative estimate of drug-likeness (QED) is 0.879. The van der Waals surface area contributed by atoms with Crippen molar-refractivity contribution in [3.8, 4) is 0 Å². The molecule has 2 heterocycles. The molecule has 0 saturated carbocycles. The van der Waals surface area contributed by atoms with E-state index in [4.69, 9.17) is 4.74 Å². The van der Waals surface area contributed by atoms with Gasteiger partial charge in [-0.05, 0) is 38.1 Å². The van der Waals surface area contributed by atoms with E-state index < -0.39 is 0 Å². The first kappa shape index (κ1) is 17.3. The summed E-state index contributed by atoms with van der Waals surface area (Å²) in [6.07, 6.45) is 1.23. The number of halogens is 1. The highest BCUT2D eigenvalue weighted by Gasteiger charge is 2.36. The van der Waals surface area contributed by atoms with Crippen LogP contribution in [0.1, 0.15) is 18.9 Å². The Balaban J connectivity index is 1.43. The molecule has 24 heavy (non-hydrogen) atoms. The van der Waals surface area contributed by atoms with Gasteiger partial charge in [0.15, 0.2) is 0 Å². The van der Waals surface area contributed by atoms with E-state index in [1.54, 1.807) is 12.1 Å². The second-order valence-corrected chi connectivity index (χ2v) is 7.05. The number of nitrogens with zero attached hydrogens (tertiary/aromatic N) is 2. The Morgan fingerprint density at radius 3 is 2.88 bits per heavy atom. The molecule has 2 saturated heterocycles. The summed E-state index contributed by atoms with van der Waals surface area (Å²) in [7, 11) is 1.90. The van der Waals surface area contributed by atoms with E-state index >= 15 is 0 Å². The molecule has 1 aromatic rings. The zero-order chi connectivity index (χ0) is 17.1. The number of likely N-dealkylation sites (N-methyl/N-ethyl adjacent to an activating group) is 1. The number of carbonyl (C=O) groups excluding carboxylic acids is 1. The van der Waals surface area contributed by atoms with Gasteiger partial charge in [-0.25, -0.2) is 4.39 Å². The van der Waals surface area contributed by atoms with Crippen LogP contribution in [-0.4, -0.2) is 67.2 Å². The molecule has 5 nitrogen and oxygen atoms in total. The van der Waals surface area contributed by atoms with E-state index in [1.165, 1.54) is 12.1 Å². The zero-order valence-corrected chi connectivity index (χ0v) is 14.4. The Labute approximate surface area is 142 Å². The Morgan fingerprint density at radius 2 is 2.12 bits per heavy atom. The van der Waals surface area contributed by atoms with Gasteiger partial charge < -0.3 is 10.1 Å². The number of amides is 1. The monoisotopic (exact) mass is 335 g/mol. The number of ether oxygens (including phenoxy) is 1. The topological polar surface area (TPSA) is 44.8 Å². The molecule has 0 bridgehead atoms. The summed E-state index contributed by atoms with van der Waals surface area (Å²) in [5.74, 6) is -0.200. The van der Waals surface area contributed by atoms with Crippen molar-refractivity contribution in [3.63, 3.8) is 0 Å². The number of rotatable bonds is 5. The number of benzene rings is 1. The SMILES string of the molecule is C[C@@H]1CN2C[C@@H](NC(=O)CN(C)Cc3ccc(F)cc3)C[C@H]2CO1. The summed E-state index contributed by atoms with van der Waals surface area (Å²) < 4.78 is 18.6. The second-order valence-electron chi connectivity index (χ2n) is 7.05. The molecular weight excluding hydrogens is 309 g/mol. The molecule has 0 unspecified atom stereocenters. The lowest BCUT2D eigenvalue weighted by molar-refractivity contribution is -0.122. The third kappa shape index (κ3) is 4.53. The Hall–Kier alpha value is -1.50. The van der Waals surface area contributed by atoms with Gasteiger partial charge >= 0.3 is 0 Å². The molecular formula is C18H26FN3O2. The van der Waals surface area contributed by atoms with Gasteiger partial charge in [0, 0.05) is 31.7 Å². The first-order valence-electron chi connectivity index (χ1n) is 8.57. The van der Waals surface area contributed by atoms with Crippen molar-refractivity contribution in [2.75, 3.05) is 33.3 Å². The van der Waals surface area contributed by atoms with E-state index in [1.807, 2.05) is 11.9 Å². The summed E-state index contributed by atoms with van der Waals surface area (Å²) in [4.78, 5) is 16.6. The van der Waals surface area contributed by atoms with Crippen LogP contribution in [0, 0.1) is 5.82 Å². The van der Waals surface area contributed by atoms with Crippen molar-refractivity contribution in [2.45, 2.75) is 38.1 Å². The van der Waals surface area contributed by atoms with Crippen LogP contribution in [0.4, 0.5) is 4.39 Å². The molecule has 0 aromatic heterocycles. The number of morpholine rings is 1. The molecule has 6 heteroatoms. The van der Waals surface area contributed by atoms with Gasteiger partial charge in [0.25, 0.3) is 0 Å². The van der Waals surface area contributed by atoms with Crippen molar-refractivity contribution in [2.24, 2.45) is 0 Å². The van der Waals surface area contributed by atoms with E-state index in [2.05, 4.69) is 17.1 Å². The highest BCUT2D eigenvalue weighted by molar-refractivity contribution is 5.78. The smallest absolute Gasteiger partial charge is 0.234 e. The largest absolute Gasteiger partial charge is 0.376 e. The fraction of sp³-hybridized carbons (Fsp3) is 0.611. The Kier molecular flexibility index (Phi) is 5.48.